The van der Waals surface area contributed by atoms with E-state index in [1.165, 1.54) is 0 Å². The number of hydrogen-bond donors (Lipinski definition) is 0. The van der Waals surface area contributed by atoms with E-state index < -0.39 is 0 Å². The minimum Gasteiger partial charge on any atom is -0.0836 e. The highest BCUT2D eigenvalue weighted by Gasteiger charge is 2.13. The van der Waals surface area contributed by atoms with Crippen LogP contribution in [0.2, 0.25) is 0 Å². The van der Waals surface area contributed by atoms with Gasteiger partial charge in [0.05, 0.1) is 0 Å². The second kappa shape index (κ2) is 3.37. The minimum atomic E-state index is 0.180. The molecule has 0 radical (unpaired) electrons. The Morgan fingerprint density at radius 2 is 2.00 bits per heavy atom. The summed E-state index contributed by atoms with van der Waals surface area (Å²) in [6.45, 7) is 2.20. The molecule has 1 aliphatic rings. The smallest absolute Gasteiger partial charge is 0.0221 e. The van der Waals surface area contributed by atoms with Crippen molar-refractivity contribution in [2.45, 2.75) is 13.3 Å². The number of hydrogen-bond acceptors (Lipinski definition) is 0. The Hall–Kier alpha value is -0.0500. The molecule has 0 aliphatic heterocycles. The number of allylic oxidation sites excluding steroid dienone is 5. The molecule has 1 aliphatic carbocycles. The molecule has 1 rings (SSSR count). The van der Waals surface area contributed by atoms with Crippen molar-refractivity contribution in [2.75, 3.05) is 0 Å². The van der Waals surface area contributed by atoms with Crippen LogP contribution in [-0.2, 0) is 0 Å². The first-order valence-corrected chi connectivity index (χ1v) is 4.65. The van der Waals surface area contributed by atoms with Gasteiger partial charge in [0, 0.05) is 5.41 Å². The quantitative estimate of drug-likeness (QED) is 0.491. The third-order valence-corrected chi connectivity index (χ3v) is 2.01. The molecule has 0 aromatic heterocycles. The summed E-state index contributed by atoms with van der Waals surface area (Å²) in [5, 5.41) is 0. The van der Waals surface area contributed by atoms with Gasteiger partial charge in [0.15, 0.2) is 0 Å². The molecule has 0 heterocycles. The maximum atomic E-state index is 2.25. The zero-order valence-electron chi connectivity index (χ0n) is 6.05. The molecule has 0 N–H and O–H groups in total. The summed E-state index contributed by atoms with van der Waals surface area (Å²) in [6, 6.07) is 0. The normalized spacial score (nSPS) is 22.2. The predicted octanol–water partition coefficient (Wildman–Crippen LogP) is 3.46. The van der Waals surface area contributed by atoms with E-state index in [1.54, 1.807) is 0 Å². The van der Waals surface area contributed by atoms with Crippen LogP contribution < -0.4 is 0 Å². The lowest BCUT2D eigenvalue weighted by Crippen LogP contribution is -2.06. The van der Waals surface area contributed by atoms with Crippen LogP contribution >= 0.6 is 22.6 Å². The van der Waals surface area contributed by atoms with Crippen molar-refractivity contribution in [1.82, 2.24) is 0 Å². The fourth-order valence-electron chi connectivity index (χ4n) is 1.02. The van der Waals surface area contributed by atoms with Crippen LogP contribution in [0, 0.1) is 5.41 Å². The third kappa shape index (κ3) is 1.97. The Bertz CT molecular complexity index is 169. The molecule has 0 spiro atoms. The minimum absolute atomic E-state index is 0.180. The Morgan fingerprint density at radius 3 is 2.50 bits per heavy atom. The SMILES string of the molecule is CC1(/C=C/I)C=CCC=C1. The molecule has 0 amide bonds. The summed E-state index contributed by atoms with van der Waals surface area (Å²) in [5.41, 5.74) is 0.180. The van der Waals surface area contributed by atoms with Crippen LogP contribution in [0.4, 0.5) is 0 Å². The monoisotopic (exact) mass is 246 g/mol. The topological polar surface area (TPSA) is 0 Å². The average molecular weight is 246 g/mol. The fourth-order valence-corrected chi connectivity index (χ4v) is 1.80. The molecular weight excluding hydrogens is 235 g/mol. The van der Waals surface area contributed by atoms with Crippen LogP contribution in [0.5, 0.6) is 0 Å². The van der Waals surface area contributed by atoms with E-state index in [2.05, 4.69) is 64.0 Å². The first-order chi connectivity index (χ1) is 4.77. The first-order valence-electron chi connectivity index (χ1n) is 3.40. The highest BCUT2D eigenvalue weighted by Crippen LogP contribution is 2.26. The lowest BCUT2D eigenvalue weighted by molar-refractivity contribution is 0.704. The third-order valence-electron chi connectivity index (χ3n) is 1.65. The van der Waals surface area contributed by atoms with E-state index in [1.807, 2.05) is 0 Å². The van der Waals surface area contributed by atoms with E-state index in [4.69, 9.17) is 0 Å². The van der Waals surface area contributed by atoms with Crippen molar-refractivity contribution in [3.63, 3.8) is 0 Å². The standard InChI is InChI=1S/C9H11I/c1-9(7-8-10)5-3-2-4-6-9/h3-8H,2H2,1H3/b8-7+. The summed E-state index contributed by atoms with van der Waals surface area (Å²) in [5.74, 6) is 0. The van der Waals surface area contributed by atoms with Crippen molar-refractivity contribution in [2.24, 2.45) is 5.41 Å². The second-order valence-electron chi connectivity index (χ2n) is 2.70. The van der Waals surface area contributed by atoms with Gasteiger partial charge in [-0.05, 0) is 17.4 Å². The van der Waals surface area contributed by atoms with E-state index >= 15 is 0 Å². The van der Waals surface area contributed by atoms with Crippen molar-refractivity contribution in [3.8, 4) is 0 Å². The lowest BCUT2D eigenvalue weighted by atomic mass is 9.87. The van der Waals surface area contributed by atoms with Gasteiger partial charge >= 0.3 is 0 Å². The zero-order valence-corrected chi connectivity index (χ0v) is 8.21. The van der Waals surface area contributed by atoms with Crippen molar-refractivity contribution in [1.29, 1.82) is 0 Å². The molecular formula is C9H11I. The highest BCUT2D eigenvalue weighted by molar-refractivity contribution is 14.1. The average Bonchev–Trinajstić information content (AvgIpc) is 1.89. The Balaban J connectivity index is 2.75. The van der Waals surface area contributed by atoms with Crippen molar-refractivity contribution in [3.05, 3.63) is 34.5 Å². The van der Waals surface area contributed by atoms with Gasteiger partial charge in [0.1, 0.15) is 0 Å². The summed E-state index contributed by atoms with van der Waals surface area (Å²) < 4.78 is 2.07. The van der Waals surface area contributed by atoms with E-state index in [9.17, 15) is 0 Å². The van der Waals surface area contributed by atoms with Gasteiger partial charge in [-0.1, -0.05) is 53.0 Å². The van der Waals surface area contributed by atoms with Gasteiger partial charge in [0.25, 0.3) is 0 Å². The van der Waals surface area contributed by atoms with E-state index in [-0.39, 0.29) is 5.41 Å². The molecule has 1 heteroatoms. The zero-order chi connectivity index (χ0) is 7.45. The Kier molecular flexibility index (Phi) is 2.72. The first kappa shape index (κ1) is 8.05. The van der Waals surface area contributed by atoms with Gasteiger partial charge < -0.3 is 0 Å². The molecule has 0 unspecified atom stereocenters. The Labute approximate surface area is 75.8 Å². The molecule has 54 valence electrons. The van der Waals surface area contributed by atoms with Crippen LogP contribution in [0.25, 0.3) is 0 Å². The van der Waals surface area contributed by atoms with Crippen molar-refractivity contribution >= 4 is 22.6 Å². The molecule has 0 atom stereocenters. The molecule has 0 aromatic carbocycles. The summed E-state index contributed by atoms with van der Waals surface area (Å²) in [7, 11) is 0. The van der Waals surface area contributed by atoms with E-state index in [0.717, 1.165) is 6.42 Å². The van der Waals surface area contributed by atoms with Crippen LogP contribution in [0.1, 0.15) is 13.3 Å². The fraction of sp³-hybridized carbons (Fsp3) is 0.333. The molecule has 0 saturated carbocycles. The van der Waals surface area contributed by atoms with Gasteiger partial charge in [-0.25, -0.2) is 0 Å². The van der Waals surface area contributed by atoms with Gasteiger partial charge in [-0.2, -0.15) is 0 Å². The molecule has 0 bridgehead atoms. The largest absolute Gasteiger partial charge is 0.0836 e. The summed E-state index contributed by atoms with van der Waals surface area (Å²) in [6.07, 6.45) is 12.2. The van der Waals surface area contributed by atoms with Gasteiger partial charge in [0.2, 0.25) is 0 Å². The summed E-state index contributed by atoms with van der Waals surface area (Å²) in [4.78, 5) is 0. The molecule has 10 heavy (non-hydrogen) atoms. The predicted molar refractivity (Wildman–Crippen MR) is 54.2 cm³/mol. The lowest BCUT2D eigenvalue weighted by Gasteiger charge is -2.18. The van der Waals surface area contributed by atoms with Crippen LogP contribution in [0.3, 0.4) is 0 Å². The van der Waals surface area contributed by atoms with Gasteiger partial charge in [-0.3, -0.25) is 0 Å². The molecule has 0 aromatic rings. The van der Waals surface area contributed by atoms with E-state index in [0.29, 0.717) is 0 Å². The number of halogens is 1. The highest BCUT2D eigenvalue weighted by atomic mass is 127. The second-order valence-corrected chi connectivity index (χ2v) is 3.42. The molecule has 0 saturated heterocycles. The van der Waals surface area contributed by atoms with Gasteiger partial charge in [-0.15, -0.1) is 0 Å². The number of rotatable bonds is 1. The molecule has 0 fully saturated rings. The Morgan fingerprint density at radius 1 is 1.40 bits per heavy atom. The van der Waals surface area contributed by atoms with Crippen LogP contribution in [0.15, 0.2) is 34.5 Å². The summed E-state index contributed by atoms with van der Waals surface area (Å²) >= 11 is 2.25. The maximum Gasteiger partial charge on any atom is 0.0221 e. The van der Waals surface area contributed by atoms with Crippen LogP contribution in [-0.4, -0.2) is 0 Å². The molecule has 0 nitrogen and oxygen atoms in total. The van der Waals surface area contributed by atoms with Crippen molar-refractivity contribution < 1.29 is 0 Å². The maximum absolute atomic E-state index is 2.25.